The van der Waals surface area contributed by atoms with Gasteiger partial charge in [0.15, 0.2) is 0 Å². The fourth-order valence-corrected chi connectivity index (χ4v) is 1.39. The van der Waals surface area contributed by atoms with Gasteiger partial charge in [0.05, 0.1) is 12.7 Å². The minimum absolute atomic E-state index is 0.472. The van der Waals surface area contributed by atoms with Crippen LogP contribution in [0.4, 0.5) is 10.2 Å². The molecule has 0 amide bonds. The highest BCUT2D eigenvalue weighted by atomic mass is 19.1. The largest absolute Gasteiger partial charge is 0.368 e. The van der Waals surface area contributed by atoms with E-state index >= 15 is 0 Å². The van der Waals surface area contributed by atoms with Crippen LogP contribution in [0.15, 0.2) is 30.6 Å². The molecule has 0 fully saturated rings. The topological polar surface area (TPSA) is 42.7 Å². The molecule has 2 aromatic rings. The molecule has 0 saturated carbocycles. The Kier molecular flexibility index (Phi) is 3.14. The number of nitrogens with one attached hydrogen (secondary N) is 1. The van der Waals surface area contributed by atoms with Gasteiger partial charge in [0, 0.05) is 12.7 Å². The van der Waals surface area contributed by atoms with Crippen LogP contribution in [0, 0.1) is 12.9 Å². The lowest BCUT2D eigenvalue weighted by Gasteiger charge is -2.05. The molecule has 0 unspecified atom stereocenters. The molecule has 2 rings (SSSR count). The maximum atomic E-state index is 12.8. The number of hydrogen-bond donors (Lipinski definition) is 1. The average molecular weight is 220 g/mol. The number of pyridine rings is 1. The van der Waals surface area contributed by atoms with E-state index in [9.17, 15) is 4.39 Å². The molecule has 0 aromatic carbocycles. The van der Waals surface area contributed by atoms with Gasteiger partial charge in [-0.15, -0.1) is 0 Å². The van der Waals surface area contributed by atoms with Crippen molar-refractivity contribution in [1.29, 1.82) is 0 Å². The first-order chi connectivity index (χ1) is 7.74. The number of aromatic nitrogens is 3. The Morgan fingerprint density at radius 3 is 3.00 bits per heavy atom. The summed E-state index contributed by atoms with van der Waals surface area (Å²) in [6.45, 7) is 3.38. The summed E-state index contributed by atoms with van der Waals surface area (Å²) in [6.07, 6.45) is 3.77. The van der Waals surface area contributed by atoms with Crippen LogP contribution in [-0.2, 0) is 6.54 Å². The van der Waals surface area contributed by atoms with Crippen LogP contribution in [0.1, 0.15) is 5.56 Å². The highest BCUT2D eigenvalue weighted by Crippen LogP contribution is 2.03. The van der Waals surface area contributed by atoms with Gasteiger partial charge in [-0.3, -0.25) is 4.68 Å². The molecule has 2 aromatic heterocycles. The molecular formula is C11H13FN4. The number of nitrogens with zero attached hydrogens (tertiary/aromatic N) is 3. The Balaban J connectivity index is 1.84. The Bertz CT molecular complexity index is 467. The first kappa shape index (κ1) is 10.6. The predicted octanol–water partition coefficient (Wildman–Crippen LogP) is 1.84. The van der Waals surface area contributed by atoms with Crippen molar-refractivity contribution >= 4 is 5.82 Å². The molecule has 0 aliphatic rings. The first-order valence-corrected chi connectivity index (χ1v) is 5.09. The molecule has 0 bridgehead atoms. The second-order valence-corrected chi connectivity index (χ2v) is 3.55. The summed E-state index contributed by atoms with van der Waals surface area (Å²) in [7, 11) is 0. The summed E-state index contributed by atoms with van der Waals surface area (Å²) in [4.78, 5) is 3.70. The van der Waals surface area contributed by atoms with Crippen molar-refractivity contribution in [2.24, 2.45) is 0 Å². The normalized spacial score (nSPS) is 10.4. The quantitative estimate of drug-likeness (QED) is 0.799. The third-order valence-corrected chi connectivity index (χ3v) is 2.12. The average Bonchev–Trinajstić information content (AvgIpc) is 2.64. The van der Waals surface area contributed by atoms with Crippen molar-refractivity contribution in [1.82, 2.24) is 14.8 Å². The number of rotatable bonds is 4. The summed E-state index contributed by atoms with van der Waals surface area (Å²) < 4.78 is 14.6. The van der Waals surface area contributed by atoms with Gasteiger partial charge in [-0.1, -0.05) is 6.07 Å². The zero-order chi connectivity index (χ0) is 11.4. The standard InChI is InChI=1S/C11H13FN4/c1-9-7-14-16(8-9)6-5-13-11-4-2-3-10(12)15-11/h2-4,7-8H,5-6H2,1H3,(H,13,15). The zero-order valence-electron chi connectivity index (χ0n) is 9.02. The van der Waals surface area contributed by atoms with Crippen LogP contribution < -0.4 is 5.32 Å². The molecule has 0 saturated heterocycles. The van der Waals surface area contributed by atoms with Gasteiger partial charge < -0.3 is 5.32 Å². The number of anilines is 1. The maximum Gasteiger partial charge on any atom is 0.214 e. The smallest absolute Gasteiger partial charge is 0.214 e. The lowest BCUT2D eigenvalue weighted by atomic mass is 10.4. The minimum Gasteiger partial charge on any atom is -0.368 e. The van der Waals surface area contributed by atoms with Crippen LogP contribution in [0.2, 0.25) is 0 Å². The van der Waals surface area contributed by atoms with Crippen LogP contribution in [0.25, 0.3) is 0 Å². The molecule has 0 radical (unpaired) electrons. The molecular weight excluding hydrogens is 207 g/mol. The van der Waals surface area contributed by atoms with E-state index in [4.69, 9.17) is 0 Å². The highest BCUT2D eigenvalue weighted by molar-refractivity contribution is 5.33. The van der Waals surface area contributed by atoms with E-state index in [-0.39, 0.29) is 0 Å². The monoisotopic (exact) mass is 220 g/mol. The van der Waals surface area contributed by atoms with Crippen molar-refractivity contribution in [3.63, 3.8) is 0 Å². The van der Waals surface area contributed by atoms with E-state index in [1.807, 2.05) is 17.8 Å². The third-order valence-electron chi connectivity index (χ3n) is 2.12. The summed E-state index contributed by atoms with van der Waals surface area (Å²) in [6, 6.07) is 4.68. The van der Waals surface area contributed by atoms with Crippen molar-refractivity contribution in [2.75, 3.05) is 11.9 Å². The molecule has 5 heteroatoms. The van der Waals surface area contributed by atoms with Crippen LogP contribution >= 0.6 is 0 Å². The molecule has 84 valence electrons. The number of hydrogen-bond acceptors (Lipinski definition) is 3. The molecule has 1 N–H and O–H groups in total. The van der Waals surface area contributed by atoms with Crippen LogP contribution in [0.3, 0.4) is 0 Å². The van der Waals surface area contributed by atoms with Crippen molar-refractivity contribution < 1.29 is 4.39 Å². The Hall–Kier alpha value is -1.91. The lowest BCUT2D eigenvalue weighted by Crippen LogP contribution is -2.11. The summed E-state index contributed by atoms with van der Waals surface area (Å²) in [5, 5.41) is 7.18. The molecule has 4 nitrogen and oxygen atoms in total. The van der Waals surface area contributed by atoms with Gasteiger partial charge in [0.1, 0.15) is 5.82 Å². The molecule has 0 aliphatic heterocycles. The van der Waals surface area contributed by atoms with Crippen molar-refractivity contribution in [3.05, 3.63) is 42.1 Å². The van der Waals surface area contributed by atoms with Crippen LogP contribution in [-0.4, -0.2) is 21.3 Å². The minimum atomic E-state index is -0.472. The van der Waals surface area contributed by atoms with E-state index in [0.717, 1.165) is 12.1 Å². The summed E-state index contributed by atoms with van der Waals surface area (Å²) >= 11 is 0. The summed E-state index contributed by atoms with van der Waals surface area (Å²) in [5.74, 6) is 0.0730. The fourth-order valence-electron chi connectivity index (χ4n) is 1.39. The van der Waals surface area contributed by atoms with Gasteiger partial charge in [0.2, 0.25) is 5.95 Å². The Morgan fingerprint density at radius 2 is 2.31 bits per heavy atom. The zero-order valence-corrected chi connectivity index (χ0v) is 9.02. The number of aryl methyl sites for hydroxylation is 1. The third kappa shape index (κ3) is 2.79. The molecule has 0 spiro atoms. The van der Waals surface area contributed by atoms with Gasteiger partial charge in [-0.05, 0) is 24.6 Å². The van der Waals surface area contributed by atoms with Crippen LogP contribution in [0.5, 0.6) is 0 Å². The van der Waals surface area contributed by atoms with E-state index in [0.29, 0.717) is 12.4 Å². The fraction of sp³-hybridized carbons (Fsp3) is 0.273. The predicted molar refractivity (Wildman–Crippen MR) is 59.6 cm³/mol. The van der Waals surface area contributed by atoms with E-state index in [2.05, 4.69) is 15.4 Å². The molecule has 0 aliphatic carbocycles. The van der Waals surface area contributed by atoms with Gasteiger partial charge in [-0.2, -0.15) is 9.49 Å². The van der Waals surface area contributed by atoms with E-state index in [1.165, 1.54) is 6.07 Å². The van der Waals surface area contributed by atoms with E-state index < -0.39 is 5.95 Å². The summed E-state index contributed by atoms with van der Waals surface area (Å²) in [5.41, 5.74) is 1.13. The first-order valence-electron chi connectivity index (χ1n) is 5.09. The SMILES string of the molecule is Cc1cnn(CCNc2cccc(F)n2)c1. The van der Waals surface area contributed by atoms with Crippen molar-refractivity contribution in [3.8, 4) is 0 Å². The molecule has 0 atom stereocenters. The van der Waals surface area contributed by atoms with Gasteiger partial charge in [-0.25, -0.2) is 4.98 Å². The lowest BCUT2D eigenvalue weighted by molar-refractivity contribution is 0.583. The molecule has 16 heavy (non-hydrogen) atoms. The second-order valence-electron chi connectivity index (χ2n) is 3.55. The second kappa shape index (κ2) is 4.74. The van der Waals surface area contributed by atoms with Gasteiger partial charge >= 0.3 is 0 Å². The van der Waals surface area contributed by atoms with Gasteiger partial charge in [0.25, 0.3) is 0 Å². The van der Waals surface area contributed by atoms with Crippen molar-refractivity contribution in [2.45, 2.75) is 13.5 Å². The molecule has 2 heterocycles. The van der Waals surface area contributed by atoms with E-state index in [1.54, 1.807) is 18.3 Å². The number of halogens is 1. The Labute approximate surface area is 93.1 Å². The Morgan fingerprint density at radius 1 is 1.44 bits per heavy atom. The highest BCUT2D eigenvalue weighted by Gasteiger charge is 1.96. The maximum absolute atomic E-state index is 12.8.